The molecule has 1 aromatic rings. The minimum Gasteiger partial charge on any atom is -0.475 e. The smallest absolute Gasteiger partial charge is 0.410 e. The van der Waals surface area contributed by atoms with E-state index >= 15 is 0 Å². The molecule has 1 aromatic heterocycles. The number of carbonyl (C=O) groups is 2. The Morgan fingerprint density at radius 2 is 2.05 bits per heavy atom. The van der Waals surface area contributed by atoms with Crippen molar-refractivity contribution >= 4 is 12.1 Å². The van der Waals surface area contributed by atoms with Crippen molar-refractivity contribution < 1.29 is 23.8 Å². The van der Waals surface area contributed by atoms with Gasteiger partial charge in [0.15, 0.2) is 0 Å². The predicted octanol–water partition coefficient (Wildman–Crippen LogP) is 1.93. The summed E-state index contributed by atoms with van der Waals surface area (Å²) in [5.74, 6) is -0.643. The van der Waals surface area contributed by atoms with Gasteiger partial charge in [0.2, 0.25) is 5.76 Å². The maximum Gasteiger partial charge on any atom is 0.410 e. The molecule has 2 N–H and O–H groups in total. The lowest BCUT2D eigenvalue weighted by atomic mass is 10.2. The fourth-order valence-electron chi connectivity index (χ4n) is 1.48. The van der Waals surface area contributed by atoms with Gasteiger partial charge >= 0.3 is 12.1 Å². The number of hydrogen-bond donors (Lipinski definition) is 2. The van der Waals surface area contributed by atoms with Gasteiger partial charge in [-0.05, 0) is 32.9 Å². The summed E-state index contributed by atoms with van der Waals surface area (Å²) in [5, 5.41) is 11.8. The molecular formula is C14H22N2O5. The zero-order valence-electron chi connectivity index (χ0n) is 12.8. The number of carbonyl (C=O) groups excluding carboxylic acids is 1. The second kappa shape index (κ2) is 7.12. The highest BCUT2D eigenvalue weighted by Gasteiger charge is 2.19. The fourth-order valence-corrected chi connectivity index (χ4v) is 1.48. The third-order valence-electron chi connectivity index (χ3n) is 2.50. The van der Waals surface area contributed by atoms with Crippen molar-refractivity contribution in [3.63, 3.8) is 0 Å². The molecule has 0 aliphatic rings. The van der Waals surface area contributed by atoms with E-state index in [-0.39, 0.29) is 11.9 Å². The monoisotopic (exact) mass is 298 g/mol. The van der Waals surface area contributed by atoms with Crippen molar-refractivity contribution in [2.45, 2.75) is 32.9 Å². The Bertz CT molecular complexity index is 490. The quantitative estimate of drug-likeness (QED) is 0.780. The van der Waals surface area contributed by atoms with Gasteiger partial charge in [-0.2, -0.15) is 0 Å². The van der Waals surface area contributed by atoms with E-state index in [0.717, 1.165) is 0 Å². The second-order valence-corrected chi connectivity index (χ2v) is 5.65. The molecule has 21 heavy (non-hydrogen) atoms. The Hall–Kier alpha value is -2.02. The van der Waals surface area contributed by atoms with Crippen LogP contribution in [0.15, 0.2) is 16.5 Å². The summed E-state index contributed by atoms with van der Waals surface area (Å²) in [6, 6.07) is 3.01. The Kier molecular flexibility index (Phi) is 5.78. The van der Waals surface area contributed by atoms with Gasteiger partial charge in [0.25, 0.3) is 0 Å². The summed E-state index contributed by atoms with van der Waals surface area (Å²) in [4.78, 5) is 23.8. The van der Waals surface area contributed by atoms with Gasteiger partial charge in [-0.25, -0.2) is 9.59 Å². The number of furan rings is 1. The van der Waals surface area contributed by atoms with Crippen LogP contribution in [-0.2, 0) is 11.3 Å². The van der Waals surface area contributed by atoms with Crippen molar-refractivity contribution in [1.82, 2.24) is 10.2 Å². The molecule has 1 rings (SSSR count). The van der Waals surface area contributed by atoms with Crippen LogP contribution in [-0.4, -0.2) is 47.8 Å². The van der Waals surface area contributed by atoms with E-state index < -0.39 is 11.6 Å². The van der Waals surface area contributed by atoms with Crippen LogP contribution in [0, 0.1) is 0 Å². The van der Waals surface area contributed by atoms with E-state index in [2.05, 4.69) is 5.32 Å². The molecule has 1 heterocycles. The molecule has 1 amide bonds. The molecule has 0 radical (unpaired) electrons. The third kappa shape index (κ3) is 6.31. The standard InChI is InChI=1S/C14H22N2O5/c1-14(2,3)21-13(19)16(4)8-7-15-9-10-5-6-11(20-10)12(17)18/h5-6,15H,7-9H2,1-4H3,(H,17,18). The van der Waals surface area contributed by atoms with Crippen LogP contribution >= 0.6 is 0 Å². The summed E-state index contributed by atoms with van der Waals surface area (Å²) < 4.78 is 10.3. The molecule has 7 nitrogen and oxygen atoms in total. The molecule has 0 aliphatic heterocycles. The summed E-state index contributed by atoms with van der Waals surface area (Å²) >= 11 is 0. The third-order valence-corrected chi connectivity index (χ3v) is 2.50. The van der Waals surface area contributed by atoms with Gasteiger partial charge in [-0.3, -0.25) is 0 Å². The largest absolute Gasteiger partial charge is 0.475 e. The lowest BCUT2D eigenvalue weighted by Crippen LogP contribution is -2.37. The number of rotatable bonds is 6. The highest BCUT2D eigenvalue weighted by molar-refractivity contribution is 5.84. The van der Waals surface area contributed by atoms with E-state index in [0.29, 0.717) is 25.4 Å². The number of nitrogens with one attached hydrogen (secondary N) is 1. The number of amides is 1. The second-order valence-electron chi connectivity index (χ2n) is 5.65. The first-order chi connectivity index (χ1) is 9.69. The van der Waals surface area contributed by atoms with Crippen LogP contribution in [0.3, 0.4) is 0 Å². The Morgan fingerprint density at radius 1 is 1.38 bits per heavy atom. The van der Waals surface area contributed by atoms with Crippen molar-refractivity contribution in [2.75, 3.05) is 20.1 Å². The van der Waals surface area contributed by atoms with E-state index in [1.165, 1.54) is 11.0 Å². The van der Waals surface area contributed by atoms with Crippen LogP contribution in [0.4, 0.5) is 4.79 Å². The normalized spacial score (nSPS) is 11.2. The lowest BCUT2D eigenvalue weighted by molar-refractivity contribution is 0.0300. The fraction of sp³-hybridized carbons (Fsp3) is 0.571. The number of aromatic carboxylic acids is 1. The van der Waals surface area contributed by atoms with Gasteiger partial charge in [-0.1, -0.05) is 0 Å². The van der Waals surface area contributed by atoms with Crippen LogP contribution in [0.5, 0.6) is 0 Å². The Balaban J connectivity index is 2.27. The van der Waals surface area contributed by atoms with Gasteiger partial charge in [0.05, 0.1) is 6.54 Å². The Labute approximate surface area is 123 Å². The average Bonchev–Trinajstić information content (AvgIpc) is 2.81. The number of ether oxygens (including phenoxy) is 1. The van der Waals surface area contributed by atoms with Crippen LogP contribution in [0.1, 0.15) is 37.1 Å². The minimum absolute atomic E-state index is 0.0855. The summed E-state index contributed by atoms with van der Waals surface area (Å²) in [6.07, 6.45) is -0.379. The minimum atomic E-state index is -1.09. The van der Waals surface area contributed by atoms with E-state index in [1.807, 2.05) is 20.8 Å². The van der Waals surface area contributed by atoms with Crippen molar-refractivity contribution in [3.8, 4) is 0 Å². The summed E-state index contributed by atoms with van der Waals surface area (Å²) in [7, 11) is 1.66. The summed E-state index contributed by atoms with van der Waals surface area (Å²) in [5.41, 5.74) is -0.514. The van der Waals surface area contributed by atoms with E-state index in [9.17, 15) is 9.59 Å². The topological polar surface area (TPSA) is 92.0 Å². The van der Waals surface area contributed by atoms with Gasteiger partial charge in [-0.15, -0.1) is 0 Å². The average molecular weight is 298 g/mol. The zero-order chi connectivity index (χ0) is 16.0. The molecular weight excluding hydrogens is 276 g/mol. The van der Waals surface area contributed by atoms with Crippen molar-refractivity contribution in [3.05, 3.63) is 23.7 Å². The molecule has 0 aliphatic carbocycles. The first-order valence-electron chi connectivity index (χ1n) is 6.66. The molecule has 0 spiro atoms. The molecule has 0 fully saturated rings. The predicted molar refractivity (Wildman–Crippen MR) is 76.2 cm³/mol. The Morgan fingerprint density at radius 3 is 2.57 bits per heavy atom. The zero-order valence-corrected chi connectivity index (χ0v) is 12.8. The van der Waals surface area contributed by atoms with E-state index in [1.54, 1.807) is 13.1 Å². The van der Waals surface area contributed by atoms with Crippen LogP contribution < -0.4 is 5.32 Å². The highest BCUT2D eigenvalue weighted by atomic mass is 16.6. The molecule has 7 heteroatoms. The van der Waals surface area contributed by atoms with Gasteiger partial charge in [0, 0.05) is 20.1 Å². The number of hydrogen-bond acceptors (Lipinski definition) is 5. The first-order valence-corrected chi connectivity index (χ1v) is 6.66. The molecule has 0 saturated carbocycles. The molecule has 0 unspecified atom stereocenters. The van der Waals surface area contributed by atoms with Crippen molar-refractivity contribution in [1.29, 1.82) is 0 Å². The van der Waals surface area contributed by atoms with Crippen LogP contribution in [0.2, 0.25) is 0 Å². The number of carboxylic acids is 1. The van der Waals surface area contributed by atoms with Gasteiger partial charge < -0.3 is 24.5 Å². The van der Waals surface area contributed by atoms with E-state index in [4.69, 9.17) is 14.3 Å². The molecule has 118 valence electrons. The SMILES string of the molecule is CN(CCNCc1ccc(C(=O)O)o1)C(=O)OC(C)(C)C. The number of nitrogens with zero attached hydrogens (tertiary/aromatic N) is 1. The summed E-state index contributed by atoms with van der Waals surface area (Å²) in [6.45, 7) is 6.85. The lowest BCUT2D eigenvalue weighted by Gasteiger charge is -2.24. The van der Waals surface area contributed by atoms with Crippen molar-refractivity contribution in [2.24, 2.45) is 0 Å². The maximum atomic E-state index is 11.7. The molecule has 0 saturated heterocycles. The molecule has 0 bridgehead atoms. The highest BCUT2D eigenvalue weighted by Crippen LogP contribution is 2.09. The number of likely N-dealkylation sites (N-methyl/N-ethyl adjacent to an activating group) is 1. The maximum absolute atomic E-state index is 11.7. The number of carboxylic acid groups (broad SMARTS) is 1. The van der Waals surface area contributed by atoms with Crippen LogP contribution in [0.25, 0.3) is 0 Å². The molecule has 0 atom stereocenters. The first kappa shape index (κ1) is 17.0. The molecule has 0 aromatic carbocycles. The van der Waals surface area contributed by atoms with Gasteiger partial charge in [0.1, 0.15) is 11.4 Å².